The zero-order chi connectivity index (χ0) is 12.0. The molecule has 0 aliphatic rings. The maximum absolute atomic E-state index is 5.06. The van der Waals surface area contributed by atoms with Crippen LogP contribution < -0.4 is 5.32 Å². The third kappa shape index (κ3) is 4.60. The summed E-state index contributed by atoms with van der Waals surface area (Å²) in [6.45, 7) is 8.31. The third-order valence-electron chi connectivity index (χ3n) is 2.59. The van der Waals surface area contributed by atoms with Crippen molar-refractivity contribution in [3.05, 3.63) is 16.1 Å². The van der Waals surface area contributed by atoms with Gasteiger partial charge in [0.1, 0.15) is 0 Å². The Morgan fingerprint density at radius 1 is 1.50 bits per heavy atom. The van der Waals surface area contributed by atoms with E-state index in [4.69, 9.17) is 4.74 Å². The number of nitrogens with one attached hydrogen (secondary N) is 1. The summed E-state index contributed by atoms with van der Waals surface area (Å²) in [7, 11) is 1.74. The van der Waals surface area contributed by atoms with E-state index in [2.05, 4.69) is 31.1 Å². The molecule has 2 atom stereocenters. The molecular weight excluding hydrogens is 220 g/mol. The molecule has 0 amide bonds. The first-order valence-electron chi connectivity index (χ1n) is 5.78. The average Bonchev–Trinajstić information content (AvgIpc) is 2.69. The van der Waals surface area contributed by atoms with Crippen LogP contribution in [0.4, 0.5) is 0 Å². The van der Waals surface area contributed by atoms with Crippen molar-refractivity contribution in [2.24, 2.45) is 0 Å². The van der Waals surface area contributed by atoms with Crippen LogP contribution in [-0.4, -0.2) is 31.3 Å². The van der Waals surface area contributed by atoms with Crippen molar-refractivity contribution in [3.8, 4) is 0 Å². The fourth-order valence-corrected chi connectivity index (χ4v) is 2.29. The first kappa shape index (κ1) is 13.6. The smallest absolute Gasteiger partial charge is 0.0968 e. The molecule has 0 fully saturated rings. The minimum atomic E-state index is 0.490. The highest BCUT2D eigenvalue weighted by molar-refractivity contribution is 7.11. The Morgan fingerprint density at radius 2 is 2.25 bits per heavy atom. The fourth-order valence-electron chi connectivity index (χ4n) is 1.46. The molecule has 4 heteroatoms. The van der Waals surface area contributed by atoms with Gasteiger partial charge in [0, 0.05) is 43.3 Å². The predicted molar refractivity (Wildman–Crippen MR) is 69.2 cm³/mol. The van der Waals surface area contributed by atoms with E-state index in [9.17, 15) is 0 Å². The van der Waals surface area contributed by atoms with Crippen LogP contribution in [0.5, 0.6) is 0 Å². The Labute approximate surface area is 102 Å². The maximum Gasteiger partial charge on any atom is 0.0968 e. The zero-order valence-corrected chi connectivity index (χ0v) is 11.4. The van der Waals surface area contributed by atoms with Crippen molar-refractivity contribution in [1.29, 1.82) is 0 Å². The fraction of sp³-hybridized carbons (Fsp3) is 0.750. The van der Waals surface area contributed by atoms with E-state index >= 15 is 0 Å². The van der Waals surface area contributed by atoms with Gasteiger partial charge in [-0.2, -0.15) is 0 Å². The molecule has 0 saturated carbocycles. The SMILES string of the molecule is COCCC(C)NCC(C)c1ncc(C)s1. The lowest BCUT2D eigenvalue weighted by Gasteiger charge is -2.16. The van der Waals surface area contributed by atoms with E-state index in [1.165, 1.54) is 9.88 Å². The van der Waals surface area contributed by atoms with E-state index in [0.29, 0.717) is 12.0 Å². The molecule has 0 bridgehead atoms. The molecule has 1 rings (SSSR count). The third-order valence-corrected chi connectivity index (χ3v) is 3.73. The van der Waals surface area contributed by atoms with Gasteiger partial charge in [-0.05, 0) is 20.3 Å². The topological polar surface area (TPSA) is 34.1 Å². The van der Waals surface area contributed by atoms with Crippen LogP contribution >= 0.6 is 11.3 Å². The number of hydrogen-bond acceptors (Lipinski definition) is 4. The highest BCUT2D eigenvalue weighted by atomic mass is 32.1. The summed E-state index contributed by atoms with van der Waals surface area (Å²) in [6.07, 6.45) is 3.00. The summed E-state index contributed by atoms with van der Waals surface area (Å²) in [5, 5.41) is 4.74. The van der Waals surface area contributed by atoms with E-state index < -0.39 is 0 Å². The van der Waals surface area contributed by atoms with Crippen molar-refractivity contribution >= 4 is 11.3 Å². The Kier molecular flexibility index (Phi) is 5.95. The first-order valence-corrected chi connectivity index (χ1v) is 6.59. The standard InChI is InChI=1S/C12H22N2OS/c1-9(12-14-8-11(3)16-12)7-13-10(2)5-6-15-4/h8-10,13H,5-7H2,1-4H3. The summed E-state index contributed by atoms with van der Waals surface area (Å²) >= 11 is 1.79. The largest absolute Gasteiger partial charge is 0.385 e. The molecule has 0 aliphatic heterocycles. The highest BCUT2D eigenvalue weighted by Gasteiger charge is 2.10. The average molecular weight is 242 g/mol. The number of methoxy groups -OCH3 is 1. The summed E-state index contributed by atoms with van der Waals surface area (Å²) in [6, 6.07) is 0.503. The molecule has 92 valence electrons. The lowest BCUT2D eigenvalue weighted by Crippen LogP contribution is -2.30. The van der Waals surface area contributed by atoms with E-state index in [1.54, 1.807) is 18.4 Å². The van der Waals surface area contributed by atoms with Gasteiger partial charge in [-0.25, -0.2) is 4.98 Å². The van der Waals surface area contributed by atoms with Gasteiger partial charge in [-0.15, -0.1) is 11.3 Å². The maximum atomic E-state index is 5.06. The number of thiazole rings is 1. The van der Waals surface area contributed by atoms with Crippen molar-refractivity contribution in [1.82, 2.24) is 10.3 Å². The molecule has 0 spiro atoms. The molecule has 3 nitrogen and oxygen atoms in total. The second-order valence-corrected chi connectivity index (χ2v) is 5.57. The zero-order valence-electron chi connectivity index (χ0n) is 10.6. The van der Waals surface area contributed by atoms with Crippen LogP contribution in [-0.2, 0) is 4.74 Å². The summed E-state index contributed by atoms with van der Waals surface area (Å²) < 4.78 is 5.06. The second kappa shape index (κ2) is 6.99. The monoisotopic (exact) mass is 242 g/mol. The predicted octanol–water partition coefficient (Wildman–Crippen LogP) is 2.57. The number of aromatic nitrogens is 1. The molecule has 16 heavy (non-hydrogen) atoms. The lowest BCUT2D eigenvalue weighted by atomic mass is 10.1. The first-order chi connectivity index (χ1) is 7.63. The Morgan fingerprint density at radius 3 is 2.81 bits per heavy atom. The van der Waals surface area contributed by atoms with Crippen LogP contribution in [0, 0.1) is 6.92 Å². The van der Waals surface area contributed by atoms with Crippen LogP contribution in [0.3, 0.4) is 0 Å². The number of rotatable bonds is 7. The van der Waals surface area contributed by atoms with Gasteiger partial charge in [0.05, 0.1) is 5.01 Å². The molecule has 1 N–H and O–H groups in total. The van der Waals surface area contributed by atoms with Gasteiger partial charge < -0.3 is 10.1 Å². The van der Waals surface area contributed by atoms with Gasteiger partial charge in [0.15, 0.2) is 0 Å². The normalized spacial score (nSPS) is 15.0. The minimum absolute atomic E-state index is 0.490. The van der Waals surface area contributed by atoms with E-state index in [-0.39, 0.29) is 0 Å². The molecule has 2 unspecified atom stereocenters. The number of hydrogen-bond donors (Lipinski definition) is 1. The van der Waals surface area contributed by atoms with Gasteiger partial charge in [-0.3, -0.25) is 0 Å². The van der Waals surface area contributed by atoms with Gasteiger partial charge >= 0.3 is 0 Å². The Hall–Kier alpha value is -0.450. The van der Waals surface area contributed by atoms with Crippen molar-refractivity contribution in [2.75, 3.05) is 20.3 Å². The number of nitrogens with zero attached hydrogens (tertiary/aromatic N) is 1. The van der Waals surface area contributed by atoms with Crippen LogP contribution in [0.2, 0.25) is 0 Å². The second-order valence-electron chi connectivity index (χ2n) is 4.30. The van der Waals surface area contributed by atoms with Crippen LogP contribution in [0.1, 0.15) is 36.1 Å². The summed E-state index contributed by atoms with van der Waals surface area (Å²) in [4.78, 5) is 5.70. The van der Waals surface area contributed by atoms with Gasteiger partial charge in [-0.1, -0.05) is 6.92 Å². The molecule has 1 heterocycles. The molecule has 1 aromatic rings. The quantitative estimate of drug-likeness (QED) is 0.798. The van der Waals surface area contributed by atoms with Crippen molar-refractivity contribution in [3.63, 3.8) is 0 Å². The minimum Gasteiger partial charge on any atom is -0.385 e. The Bertz CT molecular complexity index is 301. The summed E-state index contributed by atoms with van der Waals surface area (Å²) in [5.74, 6) is 0.490. The molecule has 1 aromatic heterocycles. The van der Waals surface area contributed by atoms with Gasteiger partial charge in [0.25, 0.3) is 0 Å². The Balaban J connectivity index is 2.27. The van der Waals surface area contributed by atoms with Crippen molar-refractivity contribution in [2.45, 2.75) is 39.2 Å². The highest BCUT2D eigenvalue weighted by Crippen LogP contribution is 2.20. The molecule has 0 radical (unpaired) electrons. The number of aryl methyl sites for hydroxylation is 1. The van der Waals surface area contributed by atoms with Crippen LogP contribution in [0.15, 0.2) is 6.20 Å². The summed E-state index contributed by atoms with van der Waals surface area (Å²) in [5.41, 5.74) is 0. The lowest BCUT2D eigenvalue weighted by molar-refractivity contribution is 0.184. The number of ether oxygens (including phenoxy) is 1. The molecule has 0 aromatic carbocycles. The van der Waals surface area contributed by atoms with Gasteiger partial charge in [0.2, 0.25) is 0 Å². The molecule has 0 aliphatic carbocycles. The van der Waals surface area contributed by atoms with E-state index in [1.807, 2.05) is 6.20 Å². The van der Waals surface area contributed by atoms with E-state index in [0.717, 1.165) is 19.6 Å². The van der Waals surface area contributed by atoms with Crippen molar-refractivity contribution < 1.29 is 4.74 Å². The molecular formula is C12H22N2OS. The van der Waals surface area contributed by atoms with Crippen LogP contribution in [0.25, 0.3) is 0 Å². The molecule has 0 saturated heterocycles.